The molecular formula is C35H32F3NO4S. The number of carbonyl (C=O) groups is 1. The lowest BCUT2D eigenvalue weighted by Crippen LogP contribution is -2.49. The summed E-state index contributed by atoms with van der Waals surface area (Å²) >= 11 is 1.59. The van der Waals surface area contributed by atoms with Gasteiger partial charge in [0.05, 0.1) is 18.4 Å². The van der Waals surface area contributed by atoms with Crippen LogP contribution in [0.5, 0.6) is 11.5 Å². The number of hydrogen-bond acceptors (Lipinski definition) is 6. The van der Waals surface area contributed by atoms with Gasteiger partial charge in [-0.3, -0.25) is 4.79 Å². The molecule has 4 rings (SSSR count). The molecule has 0 amide bonds. The van der Waals surface area contributed by atoms with Crippen molar-refractivity contribution < 1.29 is 32.2 Å². The first-order chi connectivity index (χ1) is 21.1. The van der Waals surface area contributed by atoms with Gasteiger partial charge in [0.1, 0.15) is 24.8 Å². The first-order valence-electron chi connectivity index (χ1n) is 13.9. The molecule has 0 aliphatic carbocycles. The normalized spacial score (nSPS) is 14.3. The third-order valence-electron chi connectivity index (χ3n) is 7.13. The van der Waals surface area contributed by atoms with Gasteiger partial charge in [-0.15, -0.1) is 17.3 Å². The van der Waals surface area contributed by atoms with E-state index in [1.54, 1.807) is 30.4 Å². The Morgan fingerprint density at radius 2 is 1.77 bits per heavy atom. The second kappa shape index (κ2) is 14.3. The van der Waals surface area contributed by atoms with E-state index in [9.17, 15) is 18.0 Å². The Balaban J connectivity index is 1.48. The molecule has 0 saturated heterocycles. The van der Waals surface area contributed by atoms with Crippen molar-refractivity contribution in [1.82, 2.24) is 0 Å². The molecule has 228 valence electrons. The molecule has 0 N–H and O–H groups in total. The highest BCUT2D eigenvalue weighted by Crippen LogP contribution is 2.38. The van der Waals surface area contributed by atoms with Gasteiger partial charge in [0, 0.05) is 22.6 Å². The Hall–Kier alpha value is -4.47. The highest BCUT2D eigenvalue weighted by atomic mass is 32.1. The number of ether oxygens (including phenoxy) is 3. The van der Waals surface area contributed by atoms with Crippen molar-refractivity contribution in [3.63, 3.8) is 0 Å². The third-order valence-corrected chi connectivity index (χ3v) is 8.10. The predicted octanol–water partition coefficient (Wildman–Crippen LogP) is 8.78. The summed E-state index contributed by atoms with van der Waals surface area (Å²) in [5.41, 5.74) is 2.27. The zero-order chi connectivity index (χ0) is 31.9. The number of esters is 1. The molecule has 0 radical (unpaired) electrons. The van der Waals surface area contributed by atoms with Crippen LogP contribution in [-0.4, -0.2) is 30.8 Å². The molecule has 4 atom stereocenters. The van der Waals surface area contributed by atoms with Crippen molar-refractivity contribution in [3.05, 3.63) is 82.7 Å². The van der Waals surface area contributed by atoms with Crippen molar-refractivity contribution in [3.8, 4) is 40.5 Å². The van der Waals surface area contributed by atoms with Crippen LogP contribution < -0.4 is 9.47 Å². The smallest absolute Gasteiger partial charge is 0.303 e. The molecule has 0 spiro atoms. The number of thiophene rings is 1. The minimum Gasteiger partial charge on any atom is -0.489 e. The summed E-state index contributed by atoms with van der Waals surface area (Å²) in [5, 5.41) is 12.1. The van der Waals surface area contributed by atoms with Crippen LogP contribution in [0.25, 0.3) is 21.2 Å². The lowest BCUT2D eigenvalue weighted by Gasteiger charge is -2.31. The Labute approximate surface area is 259 Å². The molecule has 0 aliphatic rings. The van der Waals surface area contributed by atoms with Crippen LogP contribution >= 0.6 is 11.3 Å². The van der Waals surface area contributed by atoms with E-state index in [4.69, 9.17) is 19.5 Å². The summed E-state index contributed by atoms with van der Waals surface area (Å²) in [4.78, 5) is 11.2. The fourth-order valence-electron chi connectivity index (χ4n) is 4.82. The maximum Gasteiger partial charge on any atom is 0.303 e. The van der Waals surface area contributed by atoms with Gasteiger partial charge in [-0.05, 0) is 84.8 Å². The van der Waals surface area contributed by atoms with Gasteiger partial charge in [-0.2, -0.15) is 9.65 Å². The van der Waals surface area contributed by atoms with E-state index >= 15 is 0 Å². The van der Waals surface area contributed by atoms with Gasteiger partial charge in [-0.1, -0.05) is 30.2 Å². The van der Waals surface area contributed by atoms with E-state index in [-0.39, 0.29) is 11.7 Å². The first-order valence-corrected chi connectivity index (χ1v) is 14.8. The fourth-order valence-corrected chi connectivity index (χ4v) is 5.76. The van der Waals surface area contributed by atoms with Gasteiger partial charge >= 0.3 is 5.97 Å². The second-order valence-electron chi connectivity index (χ2n) is 10.5. The molecule has 0 saturated carbocycles. The summed E-state index contributed by atoms with van der Waals surface area (Å²) in [6.45, 7) is 4.52. The molecule has 44 heavy (non-hydrogen) atoms. The highest BCUT2D eigenvalue weighted by molar-refractivity contribution is 7.17. The fraction of sp³-hybridized carbons (Fsp3) is 0.314. The molecule has 9 heteroatoms. The predicted molar refractivity (Wildman–Crippen MR) is 166 cm³/mol. The van der Waals surface area contributed by atoms with Crippen LogP contribution in [0.4, 0.5) is 13.2 Å². The zero-order valence-corrected chi connectivity index (χ0v) is 25.6. The van der Waals surface area contributed by atoms with Crippen LogP contribution in [0, 0.1) is 30.1 Å². The summed E-state index contributed by atoms with van der Waals surface area (Å²) in [7, 11) is 0. The van der Waals surface area contributed by atoms with Gasteiger partial charge in [0.2, 0.25) is 6.17 Å². The van der Waals surface area contributed by atoms with Crippen molar-refractivity contribution >= 4 is 27.4 Å². The number of fused-ring (bicyclic) bond motifs is 1. The van der Waals surface area contributed by atoms with Crippen LogP contribution in [0.1, 0.15) is 49.8 Å². The molecule has 3 unspecified atom stereocenters. The molecule has 1 aromatic heterocycles. The Kier molecular flexibility index (Phi) is 10.6. The van der Waals surface area contributed by atoms with Crippen molar-refractivity contribution in [1.29, 1.82) is 5.26 Å². The summed E-state index contributed by atoms with van der Waals surface area (Å²) in [6.07, 6.45) is -4.76. The van der Waals surface area contributed by atoms with E-state index < -0.39 is 30.8 Å². The monoisotopic (exact) mass is 619 g/mol. The number of rotatable bonds is 12. The minimum atomic E-state index is -2.55. The summed E-state index contributed by atoms with van der Waals surface area (Å²) < 4.78 is 59.8. The number of aryl methyl sites for hydroxylation is 1. The van der Waals surface area contributed by atoms with Crippen LogP contribution in [0.3, 0.4) is 0 Å². The van der Waals surface area contributed by atoms with Crippen LogP contribution in [0.2, 0.25) is 0 Å². The van der Waals surface area contributed by atoms with Gasteiger partial charge in [0.25, 0.3) is 6.36 Å². The molecule has 0 bridgehead atoms. The van der Waals surface area contributed by atoms with E-state index in [1.165, 1.54) is 6.07 Å². The minimum absolute atomic E-state index is 0.0609. The molecule has 5 nitrogen and oxygen atoms in total. The quantitative estimate of drug-likeness (QED) is 0.117. The SMILES string of the molecule is CC#C[C@@H](CC#N)c1ccc(OCc2ccc3scc(-c4ccc(OC(F)C(F)C(C)(CF)OC(C)=O)cc4C)c3c2)cc1. The molecular weight excluding hydrogens is 587 g/mol. The number of alkyl halides is 3. The zero-order valence-electron chi connectivity index (χ0n) is 24.8. The largest absolute Gasteiger partial charge is 0.489 e. The third kappa shape index (κ3) is 7.53. The standard InChI is InChI=1S/C35H32F3NO4S/c1-5-6-25(15-16-39)26-8-10-27(11-9-26)41-19-24-7-14-32-30(18-24)31(20-44-32)29-13-12-28(17-22(29)2)42-34(38)33(37)35(4,21-36)43-23(3)40/h7-14,17-18,20,25,33-34H,15,19,21H2,1-4H3/t25-,33?,34?,35?/m0/s1. The number of nitrogens with zero attached hydrogens (tertiary/aromatic N) is 1. The Morgan fingerprint density at radius 3 is 2.41 bits per heavy atom. The average molecular weight is 620 g/mol. The van der Waals surface area contributed by atoms with E-state index in [2.05, 4.69) is 24.0 Å². The molecule has 0 aliphatic heterocycles. The molecule has 4 aromatic rings. The van der Waals surface area contributed by atoms with Gasteiger partial charge in [-0.25, -0.2) is 8.78 Å². The number of hydrogen-bond donors (Lipinski definition) is 0. The number of nitriles is 1. The van der Waals surface area contributed by atoms with Gasteiger partial charge < -0.3 is 14.2 Å². The van der Waals surface area contributed by atoms with Gasteiger partial charge in [0.15, 0.2) is 5.60 Å². The molecule has 1 heterocycles. The van der Waals surface area contributed by atoms with Crippen molar-refractivity contribution in [2.75, 3.05) is 6.67 Å². The van der Waals surface area contributed by atoms with E-state index in [0.717, 1.165) is 51.8 Å². The number of carbonyl (C=O) groups excluding carboxylic acids is 1. The maximum absolute atomic E-state index is 14.7. The average Bonchev–Trinajstić information content (AvgIpc) is 3.42. The van der Waals surface area contributed by atoms with Crippen molar-refractivity contribution in [2.45, 2.75) is 64.8 Å². The Bertz CT molecular complexity index is 1720. The van der Waals surface area contributed by atoms with Crippen LogP contribution in [0.15, 0.2) is 66.0 Å². The summed E-state index contributed by atoms with van der Waals surface area (Å²) in [5.74, 6) is 5.65. The Morgan fingerprint density at radius 1 is 1.05 bits per heavy atom. The van der Waals surface area contributed by atoms with E-state index in [1.807, 2.05) is 48.7 Å². The molecule has 0 fully saturated rings. The number of benzene rings is 3. The van der Waals surface area contributed by atoms with Crippen LogP contribution in [-0.2, 0) is 16.1 Å². The van der Waals surface area contributed by atoms with E-state index in [0.29, 0.717) is 18.8 Å². The summed E-state index contributed by atoms with van der Waals surface area (Å²) in [6, 6.07) is 20.8. The second-order valence-corrected chi connectivity index (χ2v) is 11.4. The maximum atomic E-state index is 14.7. The lowest BCUT2D eigenvalue weighted by molar-refractivity contribution is -0.177. The molecule has 3 aromatic carbocycles. The first kappa shape index (κ1) is 32.4. The lowest BCUT2D eigenvalue weighted by atomic mass is 9.97. The highest BCUT2D eigenvalue weighted by Gasteiger charge is 2.45. The number of halogens is 3. The van der Waals surface area contributed by atoms with Crippen molar-refractivity contribution in [2.24, 2.45) is 0 Å². The topological polar surface area (TPSA) is 68.6 Å².